The summed E-state index contributed by atoms with van der Waals surface area (Å²) in [6.45, 7) is 2.08. The smallest absolute Gasteiger partial charge is 0.220 e. The number of nitrogens with one attached hydrogen (secondary N) is 1. The van der Waals surface area contributed by atoms with Crippen molar-refractivity contribution in [2.75, 3.05) is 13.1 Å². The number of hydrogen-bond acceptors (Lipinski definition) is 2. The number of likely N-dealkylation sites (tertiary alicyclic amines) is 1. The number of carbonyl (C=O) groups excluding carboxylic acids is 1. The third-order valence-corrected chi connectivity index (χ3v) is 5.70. The SMILES string of the molecule is O=C1CCCC[C@@H]2[C@@H](N1)[C@H](c1cccc(F)c1)CN2CC1CC1. The monoisotopic (exact) mass is 316 g/mol. The highest BCUT2D eigenvalue weighted by Gasteiger charge is 2.44. The molecule has 1 saturated carbocycles. The Labute approximate surface area is 137 Å². The third kappa shape index (κ3) is 3.27. The molecule has 0 bridgehead atoms. The van der Waals surface area contributed by atoms with Gasteiger partial charge in [0.1, 0.15) is 5.82 Å². The maximum Gasteiger partial charge on any atom is 0.220 e. The molecule has 2 saturated heterocycles. The zero-order chi connectivity index (χ0) is 15.8. The van der Waals surface area contributed by atoms with Gasteiger partial charge in [0.15, 0.2) is 0 Å². The van der Waals surface area contributed by atoms with Crippen molar-refractivity contribution in [3.8, 4) is 0 Å². The molecule has 0 spiro atoms. The molecule has 1 aromatic carbocycles. The summed E-state index contributed by atoms with van der Waals surface area (Å²) < 4.78 is 13.7. The summed E-state index contributed by atoms with van der Waals surface area (Å²) in [5.74, 6) is 1.02. The predicted molar refractivity (Wildman–Crippen MR) is 87.6 cm³/mol. The average Bonchev–Trinajstić information content (AvgIpc) is 3.26. The van der Waals surface area contributed by atoms with Gasteiger partial charge in [-0.3, -0.25) is 9.69 Å². The fraction of sp³-hybridized carbons (Fsp3) is 0.632. The van der Waals surface area contributed by atoms with E-state index in [1.165, 1.54) is 18.9 Å². The van der Waals surface area contributed by atoms with Crippen LogP contribution in [-0.2, 0) is 4.79 Å². The van der Waals surface area contributed by atoms with Gasteiger partial charge in [-0.1, -0.05) is 18.6 Å². The van der Waals surface area contributed by atoms with Crippen LogP contribution in [0.5, 0.6) is 0 Å². The van der Waals surface area contributed by atoms with Crippen LogP contribution in [0.3, 0.4) is 0 Å². The van der Waals surface area contributed by atoms with E-state index in [1.807, 2.05) is 6.07 Å². The van der Waals surface area contributed by atoms with Gasteiger partial charge in [-0.2, -0.15) is 0 Å². The number of halogens is 1. The van der Waals surface area contributed by atoms with E-state index in [-0.39, 0.29) is 23.7 Å². The molecule has 1 amide bonds. The van der Waals surface area contributed by atoms with Crippen LogP contribution >= 0.6 is 0 Å². The van der Waals surface area contributed by atoms with Gasteiger partial charge in [0.2, 0.25) is 5.91 Å². The number of fused-ring (bicyclic) bond motifs is 1. The van der Waals surface area contributed by atoms with E-state index in [4.69, 9.17) is 0 Å². The normalized spacial score (nSPS) is 32.0. The van der Waals surface area contributed by atoms with E-state index >= 15 is 0 Å². The Morgan fingerprint density at radius 2 is 2.09 bits per heavy atom. The van der Waals surface area contributed by atoms with E-state index in [0.717, 1.165) is 43.8 Å². The molecule has 0 aromatic heterocycles. The van der Waals surface area contributed by atoms with Gasteiger partial charge < -0.3 is 5.32 Å². The minimum atomic E-state index is -0.183. The molecule has 3 aliphatic rings. The van der Waals surface area contributed by atoms with Crippen molar-refractivity contribution >= 4 is 5.91 Å². The van der Waals surface area contributed by atoms with E-state index < -0.39 is 0 Å². The summed E-state index contributed by atoms with van der Waals surface area (Å²) in [6.07, 6.45) is 6.55. The van der Waals surface area contributed by atoms with Crippen LogP contribution in [0.15, 0.2) is 24.3 Å². The topological polar surface area (TPSA) is 32.3 Å². The fourth-order valence-electron chi connectivity index (χ4n) is 4.34. The van der Waals surface area contributed by atoms with Gasteiger partial charge in [0.05, 0.1) is 6.04 Å². The van der Waals surface area contributed by atoms with Gasteiger partial charge in [-0.25, -0.2) is 4.39 Å². The maximum atomic E-state index is 13.7. The lowest BCUT2D eigenvalue weighted by Crippen LogP contribution is -2.47. The van der Waals surface area contributed by atoms with Gasteiger partial charge in [-0.15, -0.1) is 0 Å². The Hall–Kier alpha value is -1.42. The quantitative estimate of drug-likeness (QED) is 0.929. The molecule has 0 unspecified atom stereocenters. The number of nitrogens with zero attached hydrogens (tertiary/aromatic N) is 1. The first-order valence-electron chi connectivity index (χ1n) is 8.99. The third-order valence-electron chi connectivity index (χ3n) is 5.70. The molecule has 0 radical (unpaired) electrons. The number of carbonyl (C=O) groups is 1. The summed E-state index contributed by atoms with van der Waals surface area (Å²) in [6, 6.07) is 7.48. The highest BCUT2D eigenvalue weighted by atomic mass is 19.1. The first-order valence-corrected chi connectivity index (χ1v) is 8.99. The van der Waals surface area contributed by atoms with Gasteiger partial charge in [0.25, 0.3) is 0 Å². The van der Waals surface area contributed by atoms with Crippen molar-refractivity contribution in [1.29, 1.82) is 0 Å². The minimum absolute atomic E-state index is 0.128. The Bertz CT molecular complexity index is 586. The highest BCUT2D eigenvalue weighted by Crippen LogP contribution is 2.39. The van der Waals surface area contributed by atoms with Crippen molar-refractivity contribution in [1.82, 2.24) is 10.2 Å². The van der Waals surface area contributed by atoms with Gasteiger partial charge in [-0.05, 0) is 49.3 Å². The second kappa shape index (κ2) is 6.23. The van der Waals surface area contributed by atoms with Crippen molar-refractivity contribution in [2.24, 2.45) is 5.92 Å². The van der Waals surface area contributed by atoms with Crippen LogP contribution in [-0.4, -0.2) is 36.0 Å². The van der Waals surface area contributed by atoms with Crippen molar-refractivity contribution in [3.05, 3.63) is 35.6 Å². The van der Waals surface area contributed by atoms with Crippen molar-refractivity contribution in [3.63, 3.8) is 0 Å². The van der Waals surface area contributed by atoms with Crippen molar-refractivity contribution < 1.29 is 9.18 Å². The lowest BCUT2D eigenvalue weighted by Gasteiger charge is -2.31. The summed E-state index contributed by atoms with van der Waals surface area (Å²) in [5.41, 5.74) is 1.03. The van der Waals surface area contributed by atoms with Crippen LogP contribution in [0, 0.1) is 11.7 Å². The van der Waals surface area contributed by atoms with Gasteiger partial charge in [0, 0.05) is 31.5 Å². The number of amides is 1. The molecule has 3 atom stereocenters. The number of hydrogen-bond donors (Lipinski definition) is 1. The van der Waals surface area contributed by atoms with Crippen LogP contribution in [0.2, 0.25) is 0 Å². The molecule has 2 heterocycles. The zero-order valence-corrected chi connectivity index (χ0v) is 13.5. The second-order valence-electron chi connectivity index (χ2n) is 7.47. The minimum Gasteiger partial charge on any atom is -0.351 e. The molecule has 4 heteroatoms. The van der Waals surface area contributed by atoms with E-state index in [2.05, 4.69) is 10.2 Å². The molecule has 4 rings (SSSR count). The van der Waals surface area contributed by atoms with E-state index in [9.17, 15) is 9.18 Å². The summed E-state index contributed by atoms with van der Waals surface area (Å²) in [7, 11) is 0. The molecule has 3 fully saturated rings. The first kappa shape index (κ1) is 15.1. The Morgan fingerprint density at radius 1 is 1.22 bits per heavy atom. The van der Waals surface area contributed by atoms with E-state index in [1.54, 1.807) is 12.1 Å². The Morgan fingerprint density at radius 3 is 2.87 bits per heavy atom. The number of benzene rings is 1. The van der Waals surface area contributed by atoms with E-state index in [0.29, 0.717) is 12.5 Å². The molecule has 124 valence electrons. The van der Waals surface area contributed by atoms with Crippen LogP contribution < -0.4 is 5.32 Å². The first-order chi connectivity index (χ1) is 11.2. The molecule has 1 N–H and O–H groups in total. The Kier molecular flexibility index (Phi) is 4.10. The lowest BCUT2D eigenvalue weighted by molar-refractivity contribution is -0.122. The molecular formula is C19H25FN2O. The molecule has 23 heavy (non-hydrogen) atoms. The highest BCUT2D eigenvalue weighted by molar-refractivity contribution is 5.76. The zero-order valence-electron chi connectivity index (χ0n) is 13.5. The van der Waals surface area contributed by atoms with Gasteiger partial charge >= 0.3 is 0 Å². The standard InChI is InChI=1S/C19H25FN2O/c20-15-5-3-4-14(10-15)16-12-22(11-13-8-9-13)17-6-1-2-7-18(23)21-19(16)17/h3-5,10,13,16-17,19H,1-2,6-9,11-12H2,(H,21,23)/t16-,17+,19-/m0/s1. The second-order valence-corrected chi connectivity index (χ2v) is 7.47. The summed E-state index contributed by atoms with van der Waals surface area (Å²) in [4.78, 5) is 14.7. The average molecular weight is 316 g/mol. The molecule has 1 aromatic rings. The molecule has 1 aliphatic carbocycles. The van der Waals surface area contributed by atoms with Crippen LogP contribution in [0.4, 0.5) is 4.39 Å². The molecular weight excluding hydrogens is 291 g/mol. The van der Waals surface area contributed by atoms with Crippen LogP contribution in [0.1, 0.15) is 50.0 Å². The summed E-state index contributed by atoms with van der Waals surface area (Å²) >= 11 is 0. The summed E-state index contributed by atoms with van der Waals surface area (Å²) in [5, 5.41) is 3.27. The largest absolute Gasteiger partial charge is 0.351 e. The maximum absolute atomic E-state index is 13.7. The molecule has 2 aliphatic heterocycles. The fourth-order valence-corrected chi connectivity index (χ4v) is 4.34. The number of rotatable bonds is 3. The predicted octanol–water partition coefficient (Wildman–Crippen LogP) is 3.06. The van der Waals surface area contributed by atoms with Crippen LogP contribution in [0.25, 0.3) is 0 Å². The molecule has 3 nitrogen and oxygen atoms in total. The van der Waals surface area contributed by atoms with Crippen molar-refractivity contribution in [2.45, 2.75) is 56.5 Å². The Balaban J connectivity index is 1.62. The lowest BCUT2D eigenvalue weighted by atomic mass is 9.88.